The van der Waals surface area contributed by atoms with Crippen molar-refractivity contribution in [2.45, 2.75) is 112 Å². The highest BCUT2D eigenvalue weighted by atomic mass is 16.3. The lowest BCUT2D eigenvalue weighted by Gasteiger charge is -2.67. The van der Waals surface area contributed by atoms with Crippen LogP contribution >= 0.6 is 0 Å². The second-order valence-electron chi connectivity index (χ2n) is 14.5. The normalized spacial score (nSPS) is 43.4. The molecule has 0 unspecified atom stereocenters. The van der Waals surface area contributed by atoms with Crippen molar-refractivity contribution in [3.63, 3.8) is 0 Å². The van der Waals surface area contributed by atoms with Gasteiger partial charge in [0.1, 0.15) is 0 Å². The van der Waals surface area contributed by atoms with Crippen molar-refractivity contribution < 1.29 is 10.2 Å². The van der Waals surface area contributed by atoms with Gasteiger partial charge in [-0.05, 0) is 104 Å². The highest BCUT2D eigenvalue weighted by Gasteiger charge is 2.70. The fraction of sp³-hybridized carbons (Fsp3) is 0.788. The Morgan fingerprint density at radius 3 is 2.57 bits per heavy atom. The van der Waals surface area contributed by atoms with Crippen LogP contribution in [-0.4, -0.2) is 33.9 Å². The van der Waals surface area contributed by atoms with Crippen LogP contribution in [0, 0.1) is 45.3 Å². The van der Waals surface area contributed by atoms with Crippen molar-refractivity contribution in [2.24, 2.45) is 45.3 Å². The Hall–Kier alpha value is -1.23. The van der Waals surface area contributed by atoms with Gasteiger partial charge in [0, 0.05) is 29.8 Å². The first-order valence-corrected chi connectivity index (χ1v) is 15.1. The van der Waals surface area contributed by atoms with Gasteiger partial charge >= 0.3 is 0 Å². The molecule has 9 atom stereocenters. The predicted octanol–water partition coefficient (Wildman–Crippen LogP) is 6.52. The van der Waals surface area contributed by atoms with E-state index >= 15 is 0 Å². The minimum atomic E-state index is -0.274. The number of aliphatic hydroxyl groups excluding tert-OH is 2. The van der Waals surface area contributed by atoms with Gasteiger partial charge in [-0.3, -0.25) is 4.98 Å². The molecule has 206 valence electrons. The molecule has 4 nitrogen and oxygen atoms in total. The van der Waals surface area contributed by atoms with Crippen molar-refractivity contribution in [1.29, 1.82) is 0 Å². The highest BCUT2D eigenvalue weighted by molar-refractivity contribution is 5.31. The van der Waals surface area contributed by atoms with Crippen LogP contribution in [0.4, 0.5) is 0 Å². The molecular weight excluding hydrogens is 456 g/mol. The summed E-state index contributed by atoms with van der Waals surface area (Å²) in [6.07, 6.45) is 14.6. The van der Waals surface area contributed by atoms with E-state index in [1.807, 2.05) is 18.5 Å². The van der Waals surface area contributed by atoms with E-state index in [1.165, 1.54) is 36.8 Å². The van der Waals surface area contributed by atoms with Crippen molar-refractivity contribution in [1.82, 2.24) is 10.3 Å². The fourth-order valence-electron chi connectivity index (χ4n) is 10.1. The molecule has 0 amide bonds. The molecule has 4 aliphatic rings. The van der Waals surface area contributed by atoms with E-state index in [1.54, 1.807) is 0 Å². The van der Waals surface area contributed by atoms with Crippen LogP contribution in [0.2, 0.25) is 0 Å². The summed E-state index contributed by atoms with van der Waals surface area (Å²) in [7, 11) is 0. The molecule has 3 fully saturated rings. The van der Waals surface area contributed by atoms with Gasteiger partial charge in [-0.1, -0.05) is 59.3 Å². The molecule has 5 rings (SSSR count). The molecule has 3 N–H and O–H groups in total. The second-order valence-corrected chi connectivity index (χ2v) is 14.5. The molecule has 1 aromatic heterocycles. The van der Waals surface area contributed by atoms with Gasteiger partial charge in [-0.25, -0.2) is 0 Å². The van der Waals surface area contributed by atoms with Crippen LogP contribution in [0.15, 0.2) is 36.2 Å². The Morgan fingerprint density at radius 1 is 1.05 bits per heavy atom. The van der Waals surface area contributed by atoms with E-state index in [9.17, 15) is 10.2 Å². The Balaban J connectivity index is 1.29. The summed E-state index contributed by atoms with van der Waals surface area (Å²) in [5, 5.41) is 26.4. The second kappa shape index (κ2) is 9.75. The van der Waals surface area contributed by atoms with Crippen molar-refractivity contribution in [2.75, 3.05) is 6.54 Å². The number of aromatic nitrogens is 1. The van der Waals surface area contributed by atoms with Gasteiger partial charge < -0.3 is 15.5 Å². The average Bonchev–Trinajstić information content (AvgIpc) is 3.13. The van der Waals surface area contributed by atoms with Gasteiger partial charge in [0.25, 0.3) is 0 Å². The Bertz CT molecular complexity index is 991. The Morgan fingerprint density at radius 2 is 1.84 bits per heavy atom. The SMILES string of the molecule is C[C@H](CCCNCc1cccnc1)[C@H]1CC[C@@]2(C)[C@@H]3CC=C4[C@@H](CC[C@H](O)C4(C)C)[C@]3(C)[C@H](O)C[C@]12C. The van der Waals surface area contributed by atoms with Crippen LogP contribution in [0.25, 0.3) is 0 Å². The number of aliphatic hydroxyl groups is 2. The summed E-state index contributed by atoms with van der Waals surface area (Å²) in [6, 6.07) is 4.13. The molecule has 1 heterocycles. The lowest BCUT2D eigenvalue weighted by Crippen LogP contribution is -2.64. The quantitative estimate of drug-likeness (QED) is 0.290. The van der Waals surface area contributed by atoms with Gasteiger partial charge in [0.05, 0.1) is 12.2 Å². The number of nitrogens with one attached hydrogen (secondary N) is 1. The molecule has 0 spiro atoms. The van der Waals surface area contributed by atoms with Crippen LogP contribution in [0.3, 0.4) is 0 Å². The zero-order valence-corrected chi connectivity index (χ0v) is 24.3. The lowest BCUT2D eigenvalue weighted by atomic mass is 9.38. The maximum atomic E-state index is 12.0. The summed E-state index contributed by atoms with van der Waals surface area (Å²) in [5.74, 6) is 2.24. The maximum Gasteiger partial charge on any atom is 0.0628 e. The minimum absolute atomic E-state index is 0.0932. The van der Waals surface area contributed by atoms with E-state index in [-0.39, 0.29) is 33.9 Å². The molecule has 1 aromatic rings. The van der Waals surface area contributed by atoms with Crippen LogP contribution in [0.1, 0.15) is 98.5 Å². The van der Waals surface area contributed by atoms with E-state index in [4.69, 9.17) is 0 Å². The topological polar surface area (TPSA) is 65.4 Å². The molecule has 0 bridgehead atoms. The van der Waals surface area contributed by atoms with Gasteiger partial charge in [0.15, 0.2) is 0 Å². The molecule has 37 heavy (non-hydrogen) atoms. The highest BCUT2D eigenvalue weighted by Crippen LogP contribution is 2.74. The van der Waals surface area contributed by atoms with Gasteiger partial charge in [-0.2, -0.15) is 0 Å². The third kappa shape index (κ3) is 4.16. The smallest absolute Gasteiger partial charge is 0.0628 e. The van der Waals surface area contributed by atoms with Gasteiger partial charge in [-0.15, -0.1) is 0 Å². The van der Waals surface area contributed by atoms with Crippen LogP contribution in [-0.2, 0) is 6.54 Å². The van der Waals surface area contributed by atoms with Crippen molar-refractivity contribution in [3.05, 3.63) is 41.7 Å². The summed E-state index contributed by atoms with van der Waals surface area (Å²) in [5.41, 5.74) is 2.82. The summed E-state index contributed by atoms with van der Waals surface area (Å²) in [6.45, 7) is 16.4. The number of hydrogen-bond donors (Lipinski definition) is 3. The zero-order chi connectivity index (χ0) is 26.6. The molecule has 0 aromatic carbocycles. The van der Waals surface area contributed by atoms with E-state index in [0.717, 1.165) is 38.8 Å². The molecule has 0 aliphatic heterocycles. The van der Waals surface area contributed by atoms with Crippen molar-refractivity contribution >= 4 is 0 Å². The molecule has 4 aliphatic carbocycles. The van der Waals surface area contributed by atoms with Crippen molar-refractivity contribution in [3.8, 4) is 0 Å². The molecule has 4 heteroatoms. The minimum Gasteiger partial charge on any atom is -0.393 e. The molecule has 0 saturated heterocycles. The summed E-state index contributed by atoms with van der Waals surface area (Å²) in [4.78, 5) is 4.21. The Kier molecular flexibility index (Phi) is 7.21. The number of fused-ring (bicyclic) bond motifs is 5. The number of pyridine rings is 1. The Labute approximate surface area is 225 Å². The van der Waals surface area contributed by atoms with Crippen LogP contribution in [0.5, 0.6) is 0 Å². The average molecular weight is 509 g/mol. The van der Waals surface area contributed by atoms with E-state index in [2.05, 4.69) is 64.0 Å². The third-order valence-corrected chi connectivity index (χ3v) is 12.7. The number of nitrogens with zero attached hydrogens (tertiary/aromatic N) is 1. The summed E-state index contributed by atoms with van der Waals surface area (Å²) < 4.78 is 0. The molecule has 0 radical (unpaired) electrons. The first-order chi connectivity index (χ1) is 17.5. The monoisotopic (exact) mass is 508 g/mol. The molecular formula is C33H52N2O2. The predicted molar refractivity (Wildman–Crippen MR) is 151 cm³/mol. The third-order valence-electron chi connectivity index (χ3n) is 12.7. The number of allylic oxidation sites excluding steroid dienone is 1. The van der Waals surface area contributed by atoms with E-state index < -0.39 is 0 Å². The largest absolute Gasteiger partial charge is 0.393 e. The molecule has 3 saturated carbocycles. The standard InChI is InChI=1S/C33H52N2O2/c1-22(9-7-17-34-20-23-10-8-18-35-21-23)24-15-16-31(4)27-13-11-25-26(12-14-28(36)30(25,2)3)33(27,6)29(37)19-32(24,31)5/h8,10-11,18,21-22,24,26-29,34,36-37H,7,9,12-17,19-20H2,1-6H3/t22-,24-,26-,27+,28+,29-,31+,32-,33+/m1/s1. The maximum absolute atomic E-state index is 12.0. The first kappa shape index (κ1) is 27.3. The number of rotatable bonds is 7. The summed E-state index contributed by atoms with van der Waals surface area (Å²) >= 11 is 0. The fourth-order valence-corrected chi connectivity index (χ4v) is 10.1. The lowest BCUT2D eigenvalue weighted by molar-refractivity contribution is -0.204. The zero-order valence-electron chi connectivity index (χ0n) is 24.3. The van der Waals surface area contributed by atoms with Crippen LogP contribution < -0.4 is 5.32 Å². The first-order valence-electron chi connectivity index (χ1n) is 15.1. The number of hydrogen-bond acceptors (Lipinski definition) is 4. The van der Waals surface area contributed by atoms with E-state index in [0.29, 0.717) is 23.7 Å². The van der Waals surface area contributed by atoms with Gasteiger partial charge in [0.2, 0.25) is 0 Å².